The van der Waals surface area contributed by atoms with Gasteiger partial charge in [-0.2, -0.15) is 11.8 Å². The molecule has 0 radical (unpaired) electrons. The van der Waals surface area contributed by atoms with Gasteiger partial charge in [0.1, 0.15) is 0 Å². The minimum absolute atomic E-state index is 0. The van der Waals surface area contributed by atoms with E-state index in [9.17, 15) is 4.79 Å². The van der Waals surface area contributed by atoms with Crippen molar-refractivity contribution in [3.8, 4) is 0 Å². The van der Waals surface area contributed by atoms with Crippen LogP contribution in [-0.2, 0) is 9.53 Å². The number of carbonyl (C=O) groups is 1. The van der Waals surface area contributed by atoms with Crippen LogP contribution in [0.3, 0.4) is 0 Å². The largest absolute Gasteiger partial charge is 0.378 e. The molecule has 6 heteroatoms. The highest BCUT2D eigenvalue weighted by Crippen LogP contribution is 2.54. The number of thioether (sulfide) groups is 1. The number of amides is 1. The quantitative estimate of drug-likeness (QED) is 0.800. The van der Waals surface area contributed by atoms with Crippen molar-refractivity contribution in [3.05, 3.63) is 0 Å². The molecule has 1 spiro atoms. The third-order valence-corrected chi connectivity index (χ3v) is 6.58. The molecule has 3 atom stereocenters. The van der Waals surface area contributed by atoms with Crippen LogP contribution < -0.4 is 10.6 Å². The van der Waals surface area contributed by atoms with E-state index >= 15 is 0 Å². The molecule has 0 aromatic heterocycles. The van der Waals surface area contributed by atoms with Gasteiger partial charge in [-0.1, -0.05) is 12.8 Å². The Labute approximate surface area is 144 Å². The average Bonchev–Trinajstić information content (AvgIpc) is 3.00. The first-order valence-electron chi connectivity index (χ1n) is 8.46. The number of hydrogen-bond acceptors (Lipinski definition) is 4. The number of ether oxygens (including phenoxy) is 1. The van der Waals surface area contributed by atoms with E-state index < -0.39 is 0 Å². The Morgan fingerprint density at radius 3 is 2.82 bits per heavy atom. The fourth-order valence-electron chi connectivity index (χ4n) is 4.32. The zero-order chi connectivity index (χ0) is 14.7. The molecule has 0 aromatic carbocycles. The highest BCUT2D eigenvalue weighted by atomic mass is 35.5. The number of halogens is 1. The van der Waals surface area contributed by atoms with E-state index in [1.165, 1.54) is 31.4 Å². The van der Waals surface area contributed by atoms with Gasteiger partial charge >= 0.3 is 0 Å². The normalized spacial score (nSPS) is 33.0. The highest BCUT2D eigenvalue weighted by Gasteiger charge is 2.57. The lowest BCUT2D eigenvalue weighted by molar-refractivity contribution is -0.144. The minimum Gasteiger partial charge on any atom is -0.378 e. The molecule has 128 valence electrons. The van der Waals surface area contributed by atoms with Crippen molar-refractivity contribution in [1.29, 1.82) is 0 Å². The fourth-order valence-corrected chi connectivity index (χ4v) is 5.27. The van der Waals surface area contributed by atoms with Crippen LogP contribution in [0.15, 0.2) is 0 Å². The lowest BCUT2D eigenvalue weighted by atomic mass is 9.60. The van der Waals surface area contributed by atoms with Gasteiger partial charge in [-0.05, 0) is 26.2 Å². The van der Waals surface area contributed by atoms with Crippen molar-refractivity contribution in [2.45, 2.75) is 63.6 Å². The van der Waals surface area contributed by atoms with Crippen LogP contribution in [0.25, 0.3) is 0 Å². The predicted molar refractivity (Wildman–Crippen MR) is 93.8 cm³/mol. The zero-order valence-electron chi connectivity index (χ0n) is 13.4. The van der Waals surface area contributed by atoms with Gasteiger partial charge in [0.2, 0.25) is 5.91 Å². The summed E-state index contributed by atoms with van der Waals surface area (Å²) in [5.41, 5.74) is 0.250. The van der Waals surface area contributed by atoms with Gasteiger partial charge in [0.25, 0.3) is 0 Å². The van der Waals surface area contributed by atoms with Gasteiger partial charge in [0.05, 0.1) is 6.10 Å². The molecule has 4 nitrogen and oxygen atoms in total. The Kier molecular flexibility index (Phi) is 6.87. The molecule has 0 aromatic rings. The lowest BCUT2D eigenvalue weighted by Crippen LogP contribution is -2.64. The Morgan fingerprint density at radius 2 is 2.18 bits per heavy atom. The van der Waals surface area contributed by atoms with Crippen LogP contribution in [0.1, 0.15) is 45.4 Å². The van der Waals surface area contributed by atoms with E-state index in [0.717, 1.165) is 25.3 Å². The molecule has 2 N–H and O–H groups in total. The van der Waals surface area contributed by atoms with Crippen LogP contribution in [-0.4, -0.2) is 48.8 Å². The van der Waals surface area contributed by atoms with Crippen LogP contribution >= 0.6 is 24.2 Å². The molecular weight excluding hydrogens is 320 g/mol. The fraction of sp³-hybridized carbons (Fsp3) is 0.938. The number of nitrogens with one attached hydrogen (secondary N) is 2. The van der Waals surface area contributed by atoms with Gasteiger partial charge in [-0.25, -0.2) is 0 Å². The van der Waals surface area contributed by atoms with Crippen molar-refractivity contribution in [2.75, 3.05) is 24.7 Å². The average molecular weight is 349 g/mol. The SMILES string of the molecule is CCOC1CC(NC(=O)CC2CSCCN2)C12CCCC2.Cl. The number of hydrogen-bond donors (Lipinski definition) is 2. The lowest BCUT2D eigenvalue weighted by Gasteiger charge is -2.54. The molecule has 3 fully saturated rings. The number of carbonyl (C=O) groups excluding carboxylic acids is 1. The zero-order valence-corrected chi connectivity index (χ0v) is 15.1. The Balaban J connectivity index is 0.00000176. The molecule has 2 saturated carbocycles. The molecule has 1 amide bonds. The van der Waals surface area contributed by atoms with Crippen molar-refractivity contribution in [2.24, 2.45) is 5.41 Å². The van der Waals surface area contributed by atoms with Crippen LogP contribution in [0.4, 0.5) is 0 Å². The van der Waals surface area contributed by atoms with Crippen molar-refractivity contribution in [3.63, 3.8) is 0 Å². The standard InChI is InChI=1S/C16H28N2O2S.ClH/c1-2-20-14-10-13(16(14)5-3-4-6-16)18-15(19)9-12-11-21-8-7-17-12;/h12-14,17H,2-11H2,1H3,(H,18,19);1H. The summed E-state index contributed by atoms with van der Waals surface area (Å²) in [7, 11) is 0. The van der Waals surface area contributed by atoms with E-state index in [0.29, 0.717) is 24.6 Å². The van der Waals surface area contributed by atoms with Gasteiger partial charge in [-0.15, -0.1) is 12.4 Å². The first kappa shape index (κ1) is 18.4. The second-order valence-electron chi connectivity index (χ2n) is 6.67. The van der Waals surface area contributed by atoms with Crippen LogP contribution in [0, 0.1) is 5.41 Å². The third kappa shape index (κ3) is 3.74. The molecule has 3 unspecified atom stereocenters. The van der Waals surface area contributed by atoms with Gasteiger partial charge in [0, 0.05) is 48.6 Å². The highest BCUT2D eigenvalue weighted by molar-refractivity contribution is 7.99. The molecule has 3 aliphatic rings. The monoisotopic (exact) mass is 348 g/mol. The van der Waals surface area contributed by atoms with Crippen LogP contribution in [0.5, 0.6) is 0 Å². The number of rotatable bonds is 5. The maximum atomic E-state index is 12.3. The van der Waals surface area contributed by atoms with Crippen molar-refractivity contribution in [1.82, 2.24) is 10.6 Å². The van der Waals surface area contributed by atoms with E-state index in [2.05, 4.69) is 17.6 Å². The Hall–Kier alpha value is 0.0300. The molecule has 1 aliphatic heterocycles. The van der Waals surface area contributed by atoms with Gasteiger partial charge < -0.3 is 15.4 Å². The van der Waals surface area contributed by atoms with Gasteiger partial charge in [0.15, 0.2) is 0 Å². The third-order valence-electron chi connectivity index (χ3n) is 5.45. The molecule has 1 saturated heterocycles. The summed E-state index contributed by atoms with van der Waals surface area (Å²) in [5.74, 6) is 2.45. The van der Waals surface area contributed by atoms with E-state index in [-0.39, 0.29) is 23.7 Å². The predicted octanol–water partition coefficient (Wildman–Crippen LogP) is 2.36. The summed E-state index contributed by atoms with van der Waals surface area (Å²) in [4.78, 5) is 12.3. The second-order valence-corrected chi connectivity index (χ2v) is 7.82. The summed E-state index contributed by atoms with van der Waals surface area (Å²) in [5, 5.41) is 6.76. The molecule has 3 rings (SSSR count). The van der Waals surface area contributed by atoms with Gasteiger partial charge in [-0.3, -0.25) is 4.79 Å². The summed E-state index contributed by atoms with van der Waals surface area (Å²) in [6.45, 7) is 3.89. The summed E-state index contributed by atoms with van der Waals surface area (Å²) >= 11 is 1.95. The Morgan fingerprint density at radius 1 is 1.41 bits per heavy atom. The van der Waals surface area contributed by atoms with Crippen molar-refractivity contribution >= 4 is 30.1 Å². The first-order chi connectivity index (χ1) is 10.2. The molecule has 1 heterocycles. The van der Waals surface area contributed by atoms with E-state index in [1.54, 1.807) is 0 Å². The first-order valence-corrected chi connectivity index (χ1v) is 9.62. The van der Waals surface area contributed by atoms with Crippen LogP contribution in [0.2, 0.25) is 0 Å². The smallest absolute Gasteiger partial charge is 0.221 e. The topological polar surface area (TPSA) is 50.4 Å². The molecule has 0 bridgehead atoms. The second kappa shape index (κ2) is 8.22. The maximum absolute atomic E-state index is 12.3. The van der Waals surface area contributed by atoms with Crippen molar-refractivity contribution < 1.29 is 9.53 Å². The summed E-state index contributed by atoms with van der Waals surface area (Å²) in [6, 6.07) is 0.700. The molecule has 2 aliphatic carbocycles. The molecular formula is C16H29ClN2O2S. The Bertz CT molecular complexity index is 371. The summed E-state index contributed by atoms with van der Waals surface area (Å²) in [6.07, 6.45) is 7.03. The van der Waals surface area contributed by atoms with E-state index in [4.69, 9.17) is 4.74 Å². The maximum Gasteiger partial charge on any atom is 0.221 e. The minimum atomic E-state index is 0. The summed E-state index contributed by atoms with van der Waals surface area (Å²) < 4.78 is 5.91. The molecule has 22 heavy (non-hydrogen) atoms. The van der Waals surface area contributed by atoms with E-state index in [1.807, 2.05) is 11.8 Å².